The van der Waals surface area contributed by atoms with Gasteiger partial charge in [0.05, 0.1) is 18.1 Å². The zero-order valence-electron chi connectivity index (χ0n) is 20.3. The van der Waals surface area contributed by atoms with Crippen LogP contribution in [-0.2, 0) is 16.1 Å². The summed E-state index contributed by atoms with van der Waals surface area (Å²) in [5.41, 5.74) is 3.25. The standard InChI is InChI=1S/C28H25BrN2O5S/c1-3-35-24-14-19(11-12-23(24)36-17-26(32)30-21-9-6-7-18(2)13-21)15-25-27(33)31(28(34)37-25)16-20-8-4-5-10-22(20)29/h4-15H,3,16-17H2,1-2H3,(H,30,32)/b25-15+. The van der Waals surface area contributed by atoms with E-state index >= 15 is 0 Å². The Morgan fingerprint density at radius 1 is 1.03 bits per heavy atom. The van der Waals surface area contributed by atoms with Gasteiger partial charge in [0.25, 0.3) is 17.1 Å². The van der Waals surface area contributed by atoms with E-state index in [9.17, 15) is 14.4 Å². The van der Waals surface area contributed by atoms with Crippen LogP contribution in [0.4, 0.5) is 10.5 Å². The third kappa shape index (κ3) is 6.81. The lowest BCUT2D eigenvalue weighted by Crippen LogP contribution is -2.27. The molecule has 1 fully saturated rings. The Bertz CT molecular complexity index is 1370. The first-order chi connectivity index (χ1) is 17.8. The van der Waals surface area contributed by atoms with Crippen LogP contribution in [0.1, 0.15) is 23.6 Å². The molecule has 1 heterocycles. The fraction of sp³-hybridized carbons (Fsp3) is 0.179. The number of nitrogens with one attached hydrogen (secondary N) is 1. The first-order valence-electron chi connectivity index (χ1n) is 11.6. The van der Waals surface area contributed by atoms with E-state index in [4.69, 9.17) is 9.47 Å². The van der Waals surface area contributed by atoms with Crippen molar-refractivity contribution in [1.29, 1.82) is 0 Å². The zero-order valence-corrected chi connectivity index (χ0v) is 22.7. The van der Waals surface area contributed by atoms with Gasteiger partial charge in [-0.1, -0.05) is 52.3 Å². The van der Waals surface area contributed by atoms with Crippen LogP contribution in [0.5, 0.6) is 11.5 Å². The van der Waals surface area contributed by atoms with Crippen LogP contribution >= 0.6 is 27.7 Å². The minimum Gasteiger partial charge on any atom is -0.490 e. The van der Waals surface area contributed by atoms with Crippen molar-refractivity contribution < 1.29 is 23.9 Å². The average molecular weight is 581 g/mol. The predicted molar refractivity (Wildman–Crippen MR) is 149 cm³/mol. The van der Waals surface area contributed by atoms with E-state index in [2.05, 4.69) is 21.2 Å². The Morgan fingerprint density at radius 2 is 1.84 bits per heavy atom. The van der Waals surface area contributed by atoms with E-state index in [1.54, 1.807) is 24.3 Å². The minimum atomic E-state index is -0.350. The van der Waals surface area contributed by atoms with Gasteiger partial charge in [-0.3, -0.25) is 19.3 Å². The van der Waals surface area contributed by atoms with Crippen molar-refractivity contribution in [1.82, 2.24) is 4.90 Å². The summed E-state index contributed by atoms with van der Waals surface area (Å²) < 4.78 is 12.3. The molecular formula is C28H25BrN2O5S. The molecule has 0 unspecified atom stereocenters. The number of thioether (sulfide) groups is 1. The minimum absolute atomic E-state index is 0.186. The average Bonchev–Trinajstić information content (AvgIpc) is 3.12. The number of hydrogen-bond acceptors (Lipinski definition) is 6. The van der Waals surface area contributed by atoms with Gasteiger partial charge in [0.15, 0.2) is 18.1 Å². The molecule has 0 saturated carbocycles. The van der Waals surface area contributed by atoms with Crippen LogP contribution in [0.3, 0.4) is 0 Å². The van der Waals surface area contributed by atoms with Gasteiger partial charge in [0, 0.05) is 10.2 Å². The molecule has 1 aliphatic heterocycles. The van der Waals surface area contributed by atoms with E-state index in [1.165, 1.54) is 4.90 Å². The molecule has 0 aliphatic carbocycles. The SMILES string of the molecule is CCOc1cc(/C=C2/SC(=O)N(Cc3ccccc3Br)C2=O)ccc1OCC(=O)Nc1cccc(C)c1. The molecular weight excluding hydrogens is 556 g/mol. The highest BCUT2D eigenvalue weighted by Gasteiger charge is 2.35. The van der Waals surface area contributed by atoms with Gasteiger partial charge in [-0.05, 0) is 78.7 Å². The molecule has 1 saturated heterocycles. The number of anilines is 1. The number of halogens is 1. The molecule has 0 atom stereocenters. The van der Waals surface area contributed by atoms with Gasteiger partial charge >= 0.3 is 0 Å². The lowest BCUT2D eigenvalue weighted by atomic mass is 10.1. The van der Waals surface area contributed by atoms with Crippen molar-refractivity contribution in [2.45, 2.75) is 20.4 Å². The first kappa shape index (κ1) is 26.5. The molecule has 1 aliphatic rings. The first-order valence-corrected chi connectivity index (χ1v) is 13.2. The number of carbonyl (C=O) groups excluding carboxylic acids is 3. The lowest BCUT2D eigenvalue weighted by Gasteiger charge is -2.14. The monoisotopic (exact) mass is 580 g/mol. The van der Waals surface area contributed by atoms with Crippen LogP contribution in [0.2, 0.25) is 0 Å². The molecule has 0 radical (unpaired) electrons. The molecule has 3 amide bonds. The van der Waals surface area contributed by atoms with Gasteiger partial charge in [0.2, 0.25) is 0 Å². The normalized spacial score (nSPS) is 14.2. The summed E-state index contributed by atoms with van der Waals surface area (Å²) in [6.07, 6.45) is 1.65. The number of ether oxygens (including phenoxy) is 2. The highest BCUT2D eigenvalue weighted by molar-refractivity contribution is 9.10. The molecule has 190 valence electrons. The molecule has 0 bridgehead atoms. The van der Waals surface area contributed by atoms with E-state index in [0.717, 1.165) is 27.4 Å². The molecule has 3 aromatic carbocycles. The highest BCUT2D eigenvalue weighted by atomic mass is 79.9. The number of imide groups is 1. The Kier molecular flexibility index (Phi) is 8.68. The molecule has 7 nitrogen and oxygen atoms in total. The fourth-order valence-electron chi connectivity index (χ4n) is 3.65. The van der Waals surface area contributed by atoms with Crippen LogP contribution in [0.25, 0.3) is 6.08 Å². The van der Waals surface area contributed by atoms with Crippen molar-refractivity contribution in [3.63, 3.8) is 0 Å². The highest BCUT2D eigenvalue weighted by Crippen LogP contribution is 2.36. The number of carbonyl (C=O) groups is 3. The summed E-state index contributed by atoms with van der Waals surface area (Å²) in [4.78, 5) is 39.4. The summed E-state index contributed by atoms with van der Waals surface area (Å²) in [6, 6.07) is 20.1. The van der Waals surface area contributed by atoms with Gasteiger partial charge in [-0.15, -0.1) is 0 Å². The van der Waals surface area contributed by atoms with Crippen molar-refractivity contribution >= 4 is 56.5 Å². The maximum atomic E-state index is 13.0. The second-order valence-corrected chi connectivity index (χ2v) is 10.1. The lowest BCUT2D eigenvalue weighted by molar-refractivity contribution is -0.123. The summed E-state index contributed by atoms with van der Waals surface area (Å²) in [5.74, 6) is 0.195. The molecule has 1 N–H and O–H groups in total. The van der Waals surface area contributed by atoms with E-state index in [0.29, 0.717) is 34.3 Å². The Morgan fingerprint density at radius 3 is 2.59 bits per heavy atom. The third-order valence-electron chi connectivity index (χ3n) is 5.39. The van der Waals surface area contributed by atoms with Crippen molar-refractivity contribution in [2.75, 3.05) is 18.5 Å². The largest absolute Gasteiger partial charge is 0.490 e. The summed E-state index contributed by atoms with van der Waals surface area (Å²) in [7, 11) is 0. The number of amides is 3. The summed E-state index contributed by atoms with van der Waals surface area (Å²) in [5, 5.41) is 2.48. The van der Waals surface area contributed by atoms with Crippen molar-refractivity contribution in [3.8, 4) is 11.5 Å². The number of aryl methyl sites for hydroxylation is 1. The maximum absolute atomic E-state index is 13.0. The fourth-order valence-corrected chi connectivity index (χ4v) is 4.90. The Labute approximate surface area is 228 Å². The number of rotatable bonds is 9. The quantitative estimate of drug-likeness (QED) is 0.294. The summed E-state index contributed by atoms with van der Waals surface area (Å²) in [6.45, 7) is 4.17. The van der Waals surface area contributed by atoms with Gasteiger partial charge < -0.3 is 14.8 Å². The van der Waals surface area contributed by atoms with Crippen molar-refractivity contribution in [3.05, 3.63) is 92.8 Å². The smallest absolute Gasteiger partial charge is 0.293 e. The predicted octanol–water partition coefficient (Wildman–Crippen LogP) is 6.41. The van der Waals surface area contributed by atoms with Crippen LogP contribution in [0, 0.1) is 6.92 Å². The maximum Gasteiger partial charge on any atom is 0.293 e. The molecule has 37 heavy (non-hydrogen) atoms. The van der Waals surface area contributed by atoms with Gasteiger partial charge in [0.1, 0.15) is 0 Å². The van der Waals surface area contributed by atoms with Gasteiger partial charge in [-0.25, -0.2) is 0 Å². The van der Waals surface area contributed by atoms with E-state index in [-0.39, 0.29) is 30.2 Å². The molecule has 3 aromatic rings. The third-order valence-corrected chi connectivity index (χ3v) is 7.07. The van der Waals surface area contributed by atoms with Gasteiger partial charge in [-0.2, -0.15) is 0 Å². The van der Waals surface area contributed by atoms with E-state index in [1.807, 2.05) is 62.4 Å². The van der Waals surface area contributed by atoms with Crippen LogP contribution in [-0.4, -0.2) is 35.2 Å². The Hall–Kier alpha value is -3.56. The van der Waals surface area contributed by atoms with Crippen molar-refractivity contribution in [2.24, 2.45) is 0 Å². The second kappa shape index (κ2) is 12.1. The number of nitrogens with zero attached hydrogens (tertiary/aromatic N) is 1. The number of benzene rings is 3. The topological polar surface area (TPSA) is 84.9 Å². The van der Waals surface area contributed by atoms with Crippen LogP contribution in [0.15, 0.2) is 76.1 Å². The zero-order chi connectivity index (χ0) is 26.4. The molecule has 4 rings (SSSR count). The Balaban J connectivity index is 1.45. The molecule has 9 heteroatoms. The van der Waals surface area contributed by atoms with Crippen LogP contribution < -0.4 is 14.8 Å². The molecule has 0 spiro atoms. The second-order valence-electron chi connectivity index (χ2n) is 8.20. The number of hydrogen-bond donors (Lipinski definition) is 1. The van der Waals surface area contributed by atoms with E-state index < -0.39 is 0 Å². The molecule has 0 aromatic heterocycles. The summed E-state index contributed by atoms with van der Waals surface area (Å²) >= 11 is 4.36.